The topological polar surface area (TPSA) is 78.9 Å². The molecule has 0 fully saturated rings. The van der Waals surface area contributed by atoms with Gasteiger partial charge >= 0.3 is 17.9 Å². The molecule has 0 saturated carbocycles. The minimum atomic E-state index is -0.813. The monoisotopic (exact) mass is 1140 g/mol. The van der Waals surface area contributed by atoms with E-state index >= 15 is 0 Å². The Kier molecular flexibility index (Phi) is 67.2. The highest BCUT2D eigenvalue weighted by Crippen LogP contribution is 2.18. The van der Waals surface area contributed by atoms with Crippen molar-refractivity contribution in [3.8, 4) is 0 Å². The number of hydrogen-bond donors (Lipinski definition) is 0. The van der Waals surface area contributed by atoms with Crippen LogP contribution in [0.3, 0.4) is 0 Å². The van der Waals surface area contributed by atoms with Crippen LogP contribution in [0.1, 0.15) is 361 Å². The largest absolute Gasteiger partial charge is 0.462 e. The number of unbranched alkanes of at least 4 members (excludes halogenated alkanes) is 40. The maximum atomic E-state index is 12.9. The fourth-order valence-electron chi connectivity index (χ4n) is 10.4. The number of carbonyl (C=O) groups excluding carboxylic acids is 3. The summed E-state index contributed by atoms with van der Waals surface area (Å²) >= 11 is 0. The van der Waals surface area contributed by atoms with Crippen molar-refractivity contribution in [1.29, 1.82) is 0 Å². The summed E-state index contributed by atoms with van der Waals surface area (Å²) in [6, 6.07) is 0. The molecular formula is C76H134O6. The van der Waals surface area contributed by atoms with Gasteiger partial charge in [-0.05, 0) is 83.5 Å². The lowest BCUT2D eigenvalue weighted by atomic mass is 10.0. The number of allylic oxidation sites excluding steroid dienone is 14. The van der Waals surface area contributed by atoms with Gasteiger partial charge in [-0.1, -0.05) is 343 Å². The van der Waals surface area contributed by atoms with Gasteiger partial charge in [0.1, 0.15) is 13.2 Å². The van der Waals surface area contributed by atoms with Crippen molar-refractivity contribution in [2.45, 2.75) is 367 Å². The molecule has 0 N–H and O–H groups in total. The normalized spacial score (nSPS) is 12.6. The number of hydrogen-bond acceptors (Lipinski definition) is 6. The molecule has 0 aromatic heterocycles. The third-order valence-corrected chi connectivity index (χ3v) is 15.6. The SMILES string of the molecule is CC/C=C\C/C=C\C/C=C\C/C=C\CCC(=O)OCC(COC(=O)CCCCCCCCCCCCCCCCCCCCCCCCCCCCCCCC)OC(=O)CCCCCCCC/C=C\C/C=C\C/C=C\CCCCCCC. The second-order valence-electron chi connectivity index (χ2n) is 23.8. The van der Waals surface area contributed by atoms with E-state index in [2.05, 4.69) is 99.8 Å². The molecular weight excluding hydrogens is 1010 g/mol. The third-order valence-electron chi connectivity index (χ3n) is 15.6. The van der Waals surface area contributed by atoms with E-state index in [1.54, 1.807) is 0 Å². The van der Waals surface area contributed by atoms with Gasteiger partial charge in [-0.15, -0.1) is 0 Å². The Balaban J connectivity index is 4.25. The zero-order valence-electron chi connectivity index (χ0n) is 54.5. The van der Waals surface area contributed by atoms with Crippen LogP contribution in [0.15, 0.2) is 85.1 Å². The number of carbonyl (C=O) groups is 3. The zero-order valence-corrected chi connectivity index (χ0v) is 54.5. The summed E-state index contributed by atoms with van der Waals surface area (Å²) in [6.07, 6.45) is 93.6. The Morgan fingerprint density at radius 2 is 0.500 bits per heavy atom. The van der Waals surface area contributed by atoms with Crippen molar-refractivity contribution >= 4 is 17.9 Å². The van der Waals surface area contributed by atoms with Gasteiger partial charge < -0.3 is 14.2 Å². The van der Waals surface area contributed by atoms with Crippen LogP contribution in [0.2, 0.25) is 0 Å². The molecule has 1 unspecified atom stereocenters. The zero-order chi connectivity index (χ0) is 59.2. The summed E-state index contributed by atoms with van der Waals surface area (Å²) in [4.78, 5) is 38.3. The van der Waals surface area contributed by atoms with Gasteiger partial charge in [0.2, 0.25) is 0 Å². The molecule has 0 spiro atoms. The second kappa shape index (κ2) is 70.1. The van der Waals surface area contributed by atoms with Crippen LogP contribution in [0.4, 0.5) is 0 Å². The van der Waals surface area contributed by atoms with Gasteiger partial charge in [0.25, 0.3) is 0 Å². The van der Waals surface area contributed by atoms with Gasteiger partial charge in [-0.2, -0.15) is 0 Å². The van der Waals surface area contributed by atoms with Crippen LogP contribution >= 0.6 is 0 Å². The van der Waals surface area contributed by atoms with Crippen molar-refractivity contribution in [3.63, 3.8) is 0 Å². The summed E-state index contributed by atoms with van der Waals surface area (Å²) in [7, 11) is 0. The molecule has 82 heavy (non-hydrogen) atoms. The average molecular weight is 1140 g/mol. The molecule has 0 bridgehead atoms. The summed E-state index contributed by atoms with van der Waals surface area (Å²) in [5, 5.41) is 0. The fourth-order valence-corrected chi connectivity index (χ4v) is 10.4. The van der Waals surface area contributed by atoms with Crippen LogP contribution in [-0.4, -0.2) is 37.2 Å². The smallest absolute Gasteiger partial charge is 0.306 e. The first-order valence-corrected chi connectivity index (χ1v) is 35.6. The molecule has 6 heteroatoms. The Bertz CT molecular complexity index is 1550. The minimum absolute atomic E-state index is 0.101. The quantitative estimate of drug-likeness (QED) is 0.0261. The lowest BCUT2D eigenvalue weighted by molar-refractivity contribution is -0.166. The van der Waals surface area contributed by atoms with E-state index in [1.165, 1.54) is 225 Å². The summed E-state index contributed by atoms with van der Waals surface area (Å²) < 4.78 is 16.9. The van der Waals surface area contributed by atoms with Crippen LogP contribution in [0, 0.1) is 0 Å². The van der Waals surface area contributed by atoms with Crippen molar-refractivity contribution in [2.75, 3.05) is 13.2 Å². The number of esters is 3. The highest BCUT2D eigenvalue weighted by molar-refractivity contribution is 5.71. The van der Waals surface area contributed by atoms with Crippen LogP contribution in [-0.2, 0) is 28.6 Å². The van der Waals surface area contributed by atoms with Crippen molar-refractivity contribution in [3.05, 3.63) is 85.1 Å². The van der Waals surface area contributed by atoms with E-state index in [4.69, 9.17) is 14.2 Å². The molecule has 0 aliphatic heterocycles. The lowest BCUT2D eigenvalue weighted by Crippen LogP contribution is -2.30. The van der Waals surface area contributed by atoms with Gasteiger partial charge in [0.05, 0.1) is 0 Å². The molecule has 0 rings (SSSR count). The first-order valence-electron chi connectivity index (χ1n) is 35.6. The van der Waals surface area contributed by atoms with Gasteiger partial charge in [-0.25, -0.2) is 0 Å². The van der Waals surface area contributed by atoms with E-state index < -0.39 is 6.10 Å². The molecule has 0 amide bonds. The van der Waals surface area contributed by atoms with E-state index in [1.807, 2.05) is 6.08 Å². The fraction of sp³-hybridized carbons (Fsp3) is 0.776. The maximum Gasteiger partial charge on any atom is 0.306 e. The minimum Gasteiger partial charge on any atom is -0.462 e. The van der Waals surface area contributed by atoms with Crippen molar-refractivity contribution in [1.82, 2.24) is 0 Å². The molecule has 0 aromatic carbocycles. The molecule has 0 aliphatic rings. The number of ether oxygens (including phenoxy) is 3. The Morgan fingerprint density at radius 1 is 0.256 bits per heavy atom. The highest BCUT2D eigenvalue weighted by atomic mass is 16.6. The van der Waals surface area contributed by atoms with E-state index in [0.29, 0.717) is 19.3 Å². The highest BCUT2D eigenvalue weighted by Gasteiger charge is 2.19. The lowest BCUT2D eigenvalue weighted by Gasteiger charge is -2.18. The van der Waals surface area contributed by atoms with Crippen molar-refractivity contribution in [2.24, 2.45) is 0 Å². The van der Waals surface area contributed by atoms with Gasteiger partial charge in [0, 0.05) is 19.3 Å². The van der Waals surface area contributed by atoms with Crippen LogP contribution in [0.5, 0.6) is 0 Å². The van der Waals surface area contributed by atoms with Crippen molar-refractivity contribution < 1.29 is 28.6 Å². The molecule has 0 radical (unpaired) electrons. The predicted octanol–water partition coefficient (Wildman–Crippen LogP) is 24.6. The van der Waals surface area contributed by atoms with Gasteiger partial charge in [-0.3, -0.25) is 14.4 Å². The Labute approximate surface area is 509 Å². The van der Waals surface area contributed by atoms with Crippen LogP contribution in [0.25, 0.3) is 0 Å². The number of rotatable bonds is 65. The standard InChI is InChI=1S/C76H134O6/c1-4-7-10-13-16-19-22-25-27-29-31-33-34-35-36-37-38-39-40-41-43-44-46-48-51-54-57-60-63-66-69-75(78)81-72-73(71-80-74(77)68-65-62-59-56-53-50-24-21-18-15-12-9-6-3)82-76(79)70-67-64-61-58-55-52-49-47-45-42-32-30-28-26-23-20-17-14-11-8-5-2/h9,12,18,21,23,26,30,32,45,47,50,53,59,62,73H,4-8,10-11,13-17,19-20,22,24-25,27-29,31,33-44,46,48-49,51-52,54-58,60-61,63-72H2,1-3H3/b12-9-,21-18-,26-23-,32-30-,47-45-,53-50-,62-59-. The Morgan fingerprint density at radius 3 is 0.817 bits per heavy atom. The van der Waals surface area contributed by atoms with E-state index in [9.17, 15) is 14.4 Å². The summed E-state index contributed by atoms with van der Waals surface area (Å²) in [6.45, 7) is 6.49. The first kappa shape index (κ1) is 78.6. The van der Waals surface area contributed by atoms with E-state index in [-0.39, 0.29) is 37.5 Å². The predicted molar refractivity (Wildman–Crippen MR) is 358 cm³/mol. The molecule has 0 heterocycles. The molecule has 0 aliphatic carbocycles. The van der Waals surface area contributed by atoms with Gasteiger partial charge in [0.15, 0.2) is 6.10 Å². The first-order chi connectivity index (χ1) is 40.5. The average Bonchev–Trinajstić information content (AvgIpc) is 3.47. The maximum absolute atomic E-state index is 12.9. The Hall–Kier alpha value is -3.41. The molecule has 1 atom stereocenters. The summed E-state index contributed by atoms with van der Waals surface area (Å²) in [5.74, 6) is -0.984. The molecule has 0 saturated heterocycles. The summed E-state index contributed by atoms with van der Waals surface area (Å²) in [5.41, 5.74) is 0. The molecule has 0 aromatic rings. The van der Waals surface area contributed by atoms with E-state index in [0.717, 1.165) is 89.9 Å². The second-order valence-corrected chi connectivity index (χ2v) is 23.8. The third kappa shape index (κ3) is 67.4. The van der Waals surface area contributed by atoms with Crippen LogP contribution < -0.4 is 0 Å². The molecule has 6 nitrogen and oxygen atoms in total. The molecule has 474 valence electrons.